The fourth-order valence-corrected chi connectivity index (χ4v) is 1.51. The Balaban J connectivity index is 3.39. The fraction of sp³-hybridized carbons (Fsp3) is 0.778. The maximum Gasteiger partial charge on any atom is 0.233 e. The van der Waals surface area contributed by atoms with Crippen LogP contribution in [0.15, 0.2) is 0 Å². The Kier molecular flexibility index (Phi) is 8.39. The summed E-state index contributed by atoms with van der Waals surface area (Å²) in [6.07, 6.45) is 2.40. The Labute approximate surface area is 89.4 Å². The number of amides is 1. The predicted molar refractivity (Wildman–Crippen MR) is 59.1 cm³/mol. The third-order valence-corrected chi connectivity index (χ3v) is 2.42. The monoisotopic (exact) mass is 215 g/mol. The zero-order valence-electron chi connectivity index (χ0n) is 8.67. The molecule has 0 radical (unpaired) electrons. The molecule has 14 heavy (non-hydrogen) atoms. The quantitative estimate of drug-likeness (QED) is 0.602. The van der Waals surface area contributed by atoms with Crippen molar-refractivity contribution in [3.8, 4) is 6.07 Å². The summed E-state index contributed by atoms with van der Waals surface area (Å²) in [6, 6.07) is 2.31. The van der Waals surface area contributed by atoms with Crippen LogP contribution in [0.4, 0.5) is 0 Å². The number of rotatable bonds is 7. The lowest BCUT2D eigenvalue weighted by atomic mass is 10.4. The van der Waals surface area contributed by atoms with Crippen LogP contribution in [-0.4, -0.2) is 37.0 Å². The highest BCUT2D eigenvalue weighted by Gasteiger charge is 2.03. The third kappa shape index (κ3) is 7.90. The normalized spacial score (nSPS) is 11.8. The minimum atomic E-state index is -0.0480. The van der Waals surface area contributed by atoms with E-state index in [2.05, 4.69) is 10.6 Å². The van der Waals surface area contributed by atoms with Gasteiger partial charge >= 0.3 is 0 Å². The smallest absolute Gasteiger partial charge is 0.233 e. The molecular formula is C9H17N3OS. The molecule has 0 fully saturated rings. The molecule has 0 spiro atoms. The molecule has 5 heteroatoms. The highest BCUT2D eigenvalue weighted by molar-refractivity contribution is 7.98. The van der Waals surface area contributed by atoms with Gasteiger partial charge in [-0.15, -0.1) is 0 Å². The van der Waals surface area contributed by atoms with E-state index in [1.807, 2.05) is 19.2 Å². The second kappa shape index (κ2) is 8.85. The molecule has 0 heterocycles. The largest absolute Gasteiger partial charge is 0.354 e. The van der Waals surface area contributed by atoms with Crippen LogP contribution < -0.4 is 10.6 Å². The lowest BCUT2D eigenvalue weighted by Crippen LogP contribution is -2.39. The average Bonchev–Trinajstić information content (AvgIpc) is 2.16. The second-order valence-corrected chi connectivity index (χ2v) is 3.91. The van der Waals surface area contributed by atoms with Gasteiger partial charge in [0, 0.05) is 18.3 Å². The molecule has 0 aliphatic rings. The topological polar surface area (TPSA) is 64.9 Å². The van der Waals surface area contributed by atoms with E-state index in [0.717, 1.165) is 5.75 Å². The van der Waals surface area contributed by atoms with Crippen LogP contribution in [0.2, 0.25) is 0 Å². The highest BCUT2D eigenvalue weighted by atomic mass is 32.2. The van der Waals surface area contributed by atoms with Gasteiger partial charge in [0.25, 0.3) is 0 Å². The van der Waals surface area contributed by atoms with Gasteiger partial charge in [-0.05, 0) is 13.2 Å². The van der Waals surface area contributed by atoms with Gasteiger partial charge < -0.3 is 10.6 Å². The van der Waals surface area contributed by atoms with Crippen LogP contribution in [0.3, 0.4) is 0 Å². The Bertz CT molecular complexity index is 203. The molecule has 1 amide bonds. The van der Waals surface area contributed by atoms with Crippen LogP contribution in [-0.2, 0) is 4.79 Å². The molecular weight excluding hydrogens is 198 g/mol. The minimum absolute atomic E-state index is 0.0480. The van der Waals surface area contributed by atoms with Gasteiger partial charge in [0.15, 0.2) is 0 Å². The molecule has 0 rings (SSSR count). The Morgan fingerprint density at radius 2 is 2.36 bits per heavy atom. The van der Waals surface area contributed by atoms with Gasteiger partial charge in [0.2, 0.25) is 5.91 Å². The second-order valence-electron chi connectivity index (χ2n) is 3.00. The third-order valence-electron chi connectivity index (χ3n) is 1.59. The van der Waals surface area contributed by atoms with Crippen LogP contribution >= 0.6 is 11.8 Å². The van der Waals surface area contributed by atoms with E-state index >= 15 is 0 Å². The van der Waals surface area contributed by atoms with Gasteiger partial charge in [0.05, 0.1) is 19.0 Å². The van der Waals surface area contributed by atoms with Crippen molar-refractivity contribution in [3.63, 3.8) is 0 Å². The van der Waals surface area contributed by atoms with Gasteiger partial charge in [-0.2, -0.15) is 17.0 Å². The van der Waals surface area contributed by atoms with Crippen molar-refractivity contribution < 1.29 is 4.79 Å². The van der Waals surface area contributed by atoms with Crippen molar-refractivity contribution in [1.82, 2.24) is 10.6 Å². The summed E-state index contributed by atoms with van der Waals surface area (Å²) in [6.45, 7) is 2.81. The number of hydrogen-bond acceptors (Lipinski definition) is 4. The molecule has 0 aromatic heterocycles. The zero-order chi connectivity index (χ0) is 10.8. The molecule has 0 saturated heterocycles. The first-order valence-corrected chi connectivity index (χ1v) is 5.96. The van der Waals surface area contributed by atoms with E-state index in [4.69, 9.17) is 5.26 Å². The first kappa shape index (κ1) is 13.3. The summed E-state index contributed by atoms with van der Waals surface area (Å²) in [7, 11) is 0. The number of carbonyl (C=O) groups excluding carboxylic acids is 1. The minimum Gasteiger partial charge on any atom is -0.354 e. The lowest BCUT2D eigenvalue weighted by molar-refractivity contribution is -0.120. The molecule has 0 aliphatic heterocycles. The molecule has 1 unspecified atom stereocenters. The molecule has 4 nitrogen and oxygen atoms in total. The molecule has 0 aromatic rings. The van der Waals surface area contributed by atoms with Crippen molar-refractivity contribution in [2.24, 2.45) is 0 Å². The van der Waals surface area contributed by atoms with Crippen LogP contribution in [0, 0.1) is 11.3 Å². The van der Waals surface area contributed by atoms with Gasteiger partial charge in [0.1, 0.15) is 0 Å². The van der Waals surface area contributed by atoms with Crippen LogP contribution in [0.1, 0.15) is 13.3 Å². The van der Waals surface area contributed by atoms with E-state index in [1.54, 1.807) is 11.8 Å². The van der Waals surface area contributed by atoms with Crippen LogP contribution in [0.5, 0.6) is 0 Å². The fourth-order valence-electron chi connectivity index (χ4n) is 0.896. The van der Waals surface area contributed by atoms with E-state index in [0.29, 0.717) is 25.6 Å². The summed E-state index contributed by atoms with van der Waals surface area (Å²) < 4.78 is 0. The Hall–Kier alpha value is -0.730. The summed E-state index contributed by atoms with van der Waals surface area (Å²) in [5.74, 6) is 0.944. The molecule has 0 aliphatic carbocycles. The van der Waals surface area contributed by atoms with Gasteiger partial charge in [-0.25, -0.2) is 0 Å². The first-order valence-electron chi connectivity index (χ1n) is 4.56. The van der Waals surface area contributed by atoms with Crippen molar-refractivity contribution in [2.75, 3.05) is 25.1 Å². The van der Waals surface area contributed by atoms with E-state index in [9.17, 15) is 4.79 Å². The van der Waals surface area contributed by atoms with Crippen molar-refractivity contribution in [3.05, 3.63) is 0 Å². The van der Waals surface area contributed by atoms with E-state index in [1.165, 1.54) is 0 Å². The van der Waals surface area contributed by atoms with E-state index in [-0.39, 0.29) is 5.91 Å². The molecule has 0 bridgehead atoms. The summed E-state index contributed by atoms with van der Waals surface area (Å²) in [5.41, 5.74) is 0. The standard InChI is InChI=1S/C9H17N3OS/c1-8(7-14-2)12-6-9(13)11-5-3-4-10/h8,12H,3,5-7H2,1-2H3,(H,11,13). The number of nitriles is 1. The highest BCUT2D eigenvalue weighted by Crippen LogP contribution is 1.94. The maximum atomic E-state index is 11.1. The Morgan fingerprint density at radius 3 is 2.93 bits per heavy atom. The summed E-state index contributed by atoms with van der Waals surface area (Å²) >= 11 is 1.75. The van der Waals surface area contributed by atoms with Crippen molar-refractivity contribution >= 4 is 17.7 Å². The number of carbonyl (C=O) groups is 1. The maximum absolute atomic E-state index is 11.1. The summed E-state index contributed by atoms with van der Waals surface area (Å²) in [5, 5.41) is 14.0. The lowest BCUT2D eigenvalue weighted by Gasteiger charge is -2.11. The number of nitrogens with zero attached hydrogens (tertiary/aromatic N) is 1. The molecule has 1 atom stereocenters. The zero-order valence-corrected chi connectivity index (χ0v) is 9.49. The van der Waals surface area contributed by atoms with Gasteiger partial charge in [-0.3, -0.25) is 4.79 Å². The molecule has 0 saturated carbocycles. The Morgan fingerprint density at radius 1 is 1.64 bits per heavy atom. The SMILES string of the molecule is CSCC(C)NCC(=O)NCCC#N. The predicted octanol–water partition coefficient (Wildman–Crippen LogP) is 0.357. The number of nitrogens with one attached hydrogen (secondary N) is 2. The molecule has 0 aromatic carbocycles. The average molecular weight is 215 g/mol. The number of thioether (sulfide) groups is 1. The van der Waals surface area contributed by atoms with Crippen molar-refractivity contribution in [2.45, 2.75) is 19.4 Å². The first-order chi connectivity index (χ1) is 6.70. The van der Waals surface area contributed by atoms with Crippen LogP contribution in [0.25, 0.3) is 0 Å². The summed E-state index contributed by atoms with van der Waals surface area (Å²) in [4.78, 5) is 11.1. The van der Waals surface area contributed by atoms with Crippen molar-refractivity contribution in [1.29, 1.82) is 5.26 Å². The molecule has 2 N–H and O–H groups in total. The number of hydrogen-bond donors (Lipinski definition) is 2. The van der Waals surface area contributed by atoms with E-state index < -0.39 is 0 Å². The molecule has 80 valence electrons. The van der Waals surface area contributed by atoms with Gasteiger partial charge in [-0.1, -0.05) is 0 Å².